The summed E-state index contributed by atoms with van der Waals surface area (Å²) in [6, 6.07) is 5.09. The Kier molecular flexibility index (Phi) is 4.27. The van der Waals surface area contributed by atoms with Crippen molar-refractivity contribution in [1.29, 1.82) is 0 Å². The maximum atomic E-state index is 13.4. The first-order valence-corrected chi connectivity index (χ1v) is 5.55. The Morgan fingerprint density at radius 3 is 2.67 bits per heavy atom. The van der Waals surface area contributed by atoms with Gasteiger partial charge in [0.1, 0.15) is 5.82 Å². The first-order chi connectivity index (χ1) is 6.99. The molecule has 82 valence electrons. The monoisotopic (exact) mass is 272 g/mol. The van der Waals surface area contributed by atoms with Crippen LogP contribution in [0.5, 0.6) is 0 Å². The summed E-state index contributed by atoms with van der Waals surface area (Å²) < 4.78 is 14.1. The summed E-state index contributed by atoms with van der Waals surface area (Å²) in [6.07, 6.45) is 0. The molecule has 0 aliphatic carbocycles. The van der Waals surface area contributed by atoms with Crippen molar-refractivity contribution < 1.29 is 4.39 Å². The van der Waals surface area contributed by atoms with Gasteiger partial charge in [-0.05, 0) is 39.0 Å². The Bertz CT molecular complexity index is 375. The van der Waals surface area contributed by atoms with Gasteiger partial charge in [0.15, 0.2) is 0 Å². The quantitative estimate of drug-likeness (QED) is 0.642. The van der Waals surface area contributed by atoms with E-state index in [2.05, 4.69) is 26.2 Å². The van der Waals surface area contributed by atoms with Crippen molar-refractivity contribution in [3.63, 3.8) is 0 Å². The SMILES string of the molecule is CC(=NC(C)C)Nc1ccc(Br)cc1F. The molecule has 1 rings (SSSR count). The summed E-state index contributed by atoms with van der Waals surface area (Å²) in [7, 11) is 0. The van der Waals surface area contributed by atoms with Crippen molar-refractivity contribution >= 4 is 27.5 Å². The molecular weight excluding hydrogens is 259 g/mol. The Hall–Kier alpha value is -0.900. The topological polar surface area (TPSA) is 24.4 Å². The second-order valence-corrected chi connectivity index (χ2v) is 4.47. The number of nitrogens with one attached hydrogen (secondary N) is 1. The van der Waals surface area contributed by atoms with Gasteiger partial charge >= 0.3 is 0 Å². The van der Waals surface area contributed by atoms with E-state index in [4.69, 9.17) is 0 Å². The van der Waals surface area contributed by atoms with Crippen LogP contribution in [0.25, 0.3) is 0 Å². The normalized spacial score (nSPS) is 12.0. The highest BCUT2D eigenvalue weighted by molar-refractivity contribution is 9.10. The third-order valence-corrected chi connectivity index (χ3v) is 2.19. The van der Waals surface area contributed by atoms with Gasteiger partial charge in [0.25, 0.3) is 0 Å². The molecule has 0 bridgehead atoms. The van der Waals surface area contributed by atoms with Crippen molar-refractivity contribution in [2.75, 3.05) is 5.32 Å². The minimum absolute atomic E-state index is 0.205. The first kappa shape index (κ1) is 12.2. The summed E-state index contributed by atoms with van der Waals surface area (Å²) in [5.41, 5.74) is 0.445. The van der Waals surface area contributed by atoms with Gasteiger partial charge in [0.05, 0.1) is 11.5 Å². The zero-order valence-electron chi connectivity index (χ0n) is 9.01. The van der Waals surface area contributed by atoms with E-state index in [-0.39, 0.29) is 11.9 Å². The number of amidine groups is 1. The molecule has 0 aliphatic heterocycles. The van der Waals surface area contributed by atoms with Crippen LogP contribution in [0, 0.1) is 5.82 Å². The third-order valence-electron chi connectivity index (χ3n) is 1.70. The fraction of sp³-hybridized carbons (Fsp3) is 0.364. The van der Waals surface area contributed by atoms with Gasteiger partial charge in [-0.25, -0.2) is 4.39 Å². The lowest BCUT2D eigenvalue weighted by atomic mass is 10.3. The lowest BCUT2D eigenvalue weighted by Crippen LogP contribution is -2.11. The highest BCUT2D eigenvalue weighted by Gasteiger charge is 2.03. The summed E-state index contributed by atoms with van der Waals surface area (Å²) in [5.74, 6) is 0.425. The number of benzene rings is 1. The molecular formula is C11H14BrFN2. The van der Waals surface area contributed by atoms with Crippen molar-refractivity contribution in [2.45, 2.75) is 26.8 Å². The molecule has 0 radical (unpaired) electrons. The Morgan fingerprint density at radius 1 is 1.47 bits per heavy atom. The minimum Gasteiger partial charge on any atom is -0.342 e. The van der Waals surface area contributed by atoms with Crippen LogP contribution in [0.4, 0.5) is 10.1 Å². The highest BCUT2D eigenvalue weighted by atomic mass is 79.9. The highest BCUT2D eigenvalue weighted by Crippen LogP contribution is 2.19. The number of rotatable bonds is 2. The molecule has 0 fully saturated rings. The van der Waals surface area contributed by atoms with Crippen LogP contribution in [0.3, 0.4) is 0 Å². The molecule has 0 aromatic heterocycles. The van der Waals surface area contributed by atoms with E-state index in [1.54, 1.807) is 12.1 Å². The standard InChI is InChI=1S/C11H14BrFN2/c1-7(2)14-8(3)15-11-5-4-9(12)6-10(11)13/h4-7H,1-3H3,(H,14,15). The molecule has 15 heavy (non-hydrogen) atoms. The number of hydrogen-bond donors (Lipinski definition) is 1. The van der Waals surface area contributed by atoms with Gasteiger partial charge in [0, 0.05) is 10.5 Å². The van der Waals surface area contributed by atoms with Crippen LogP contribution in [-0.4, -0.2) is 11.9 Å². The average molecular weight is 273 g/mol. The maximum absolute atomic E-state index is 13.4. The first-order valence-electron chi connectivity index (χ1n) is 4.75. The third kappa shape index (κ3) is 4.00. The van der Waals surface area contributed by atoms with Crippen molar-refractivity contribution in [2.24, 2.45) is 4.99 Å². The Labute approximate surface area is 97.7 Å². The van der Waals surface area contributed by atoms with Gasteiger partial charge in [-0.3, -0.25) is 4.99 Å². The molecule has 4 heteroatoms. The van der Waals surface area contributed by atoms with E-state index in [1.165, 1.54) is 6.07 Å². The zero-order valence-corrected chi connectivity index (χ0v) is 10.6. The molecule has 1 aromatic carbocycles. The number of aliphatic imine (C=N–C) groups is 1. The summed E-state index contributed by atoms with van der Waals surface area (Å²) in [4.78, 5) is 4.26. The van der Waals surface area contributed by atoms with E-state index in [9.17, 15) is 4.39 Å². The van der Waals surface area contributed by atoms with Crippen LogP contribution < -0.4 is 5.32 Å². The Balaban J connectivity index is 2.81. The van der Waals surface area contributed by atoms with Gasteiger partial charge in [-0.15, -0.1) is 0 Å². The van der Waals surface area contributed by atoms with Gasteiger partial charge in [-0.1, -0.05) is 15.9 Å². The number of hydrogen-bond acceptors (Lipinski definition) is 1. The number of halogens is 2. The van der Waals surface area contributed by atoms with E-state index < -0.39 is 0 Å². The molecule has 0 spiro atoms. The molecule has 0 saturated carbocycles. The van der Waals surface area contributed by atoms with E-state index in [0.29, 0.717) is 11.5 Å². The van der Waals surface area contributed by atoms with E-state index >= 15 is 0 Å². The molecule has 1 N–H and O–H groups in total. The lowest BCUT2D eigenvalue weighted by molar-refractivity contribution is 0.631. The summed E-state index contributed by atoms with van der Waals surface area (Å²) in [5, 5.41) is 2.92. The molecule has 0 saturated heterocycles. The van der Waals surface area contributed by atoms with Crippen molar-refractivity contribution in [3.8, 4) is 0 Å². The fourth-order valence-electron chi connectivity index (χ4n) is 1.21. The molecule has 0 aliphatic rings. The number of nitrogens with zero attached hydrogens (tertiary/aromatic N) is 1. The second-order valence-electron chi connectivity index (χ2n) is 3.56. The van der Waals surface area contributed by atoms with Crippen LogP contribution in [0.2, 0.25) is 0 Å². The Morgan fingerprint density at radius 2 is 2.13 bits per heavy atom. The number of anilines is 1. The zero-order chi connectivity index (χ0) is 11.4. The molecule has 1 aromatic rings. The average Bonchev–Trinajstić information content (AvgIpc) is 2.08. The van der Waals surface area contributed by atoms with Gasteiger partial charge in [0.2, 0.25) is 0 Å². The van der Waals surface area contributed by atoms with Crippen LogP contribution >= 0.6 is 15.9 Å². The predicted molar refractivity (Wildman–Crippen MR) is 66.0 cm³/mol. The largest absolute Gasteiger partial charge is 0.342 e. The molecule has 0 atom stereocenters. The second kappa shape index (κ2) is 5.26. The smallest absolute Gasteiger partial charge is 0.147 e. The minimum atomic E-state index is -0.289. The molecule has 0 amide bonds. The molecule has 2 nitrogen and oxygen atoms in total. The summed E-state index contributed by atoms with van der Waals surface area (Å²) >= 11 is 3.20. The van der Waals surface area contributed by atoms with E-state index in [0.717, 1.165) is 4.47 Å². The van der Waals surface area contributed by atoms with Crippen LogP contribution in [0.15, 0.2) is 27.7 Å². The predicted octanol–water partition coefficient (Wildman–Crippen LogP) is 3.83. The van der Waals surface area contributed by atoms with Crippen molar-refractivity contribution in [3.05, 3.63) is 28.5 Å². The van der Waals surface area contributed by atoms with Crippen LogP contribution in [-0.2, 0) is 0 Å². The van der Waals surface area contributed by atoms with Gasteiger partial charge < -0.3 is 5.32 Å². The summed E-state index contributed by atoms with van der Waals surface area (Å²) in [6.45, 7) is 5.77. The lowest BCUT2D eigenvalue weighted by Gasteiger charge is -2.08. The van der Waals surface area contributed by atoms with Gasteiger partial charge in [-0.2, -0.15) is 0 Å². The maximum Gasteiger partial charge on any atom is 0.147 e. The molecule has 0 heterocycles. The van der Waals surface area contributed by atoms with Crippen LogP contribution in [0.1, 0.15) is 20.8 Å². The molecule has 0 unspecified atom stereocenters. The van der Waals surface area contributed by atoms with E-state index in [1.807, 2.05) is 20.8 Å². The fourth-order valence-corrected chi connectivity index (χ4v) is 1.54. The van der Waals surface area contributed by atoms with Crippen molar-refractivity contribution in [1.82, 2.24) is 0 Å².